The third-order valence-corrected chi connectivity index (χ3v) is 23.3. The first-order valence-electron chi connectivity index (χ1n) is 30.2. The van der Waals surface area contributed by atoms with Crippen molar-refractivity contribution in [1.82, 2.24) is 9.97 Å². The lowest BCUT2D eigenvalue weighted by atomic mass is 9.51. The molecule has 4 spiro atoms. The molecular weight excluding hydrogens is 1190 g/mol. The van der Waals surface area contributed by atoms with Crippen LogP contribution in [0.2, 0.25) is 20.4 Å². The van der Waals surface area contributed by atoms with Gasteiger partial charge in [-0.2, -0.15) is 0 Å². The third-order valence-electron chi connectivity index (χ3n) is 22.3. The number of nitrogens with two attached hydrogens (primary N) is 1. The van der Waals surface area contributed by atoms with Crippen LogP contribution < -0.4 is 16.4 Å². The Morgan fingerprint density at radius 3 is 1.33 bits per heavy atom. The number of hydrogen-bond acceptors (Lipinski definition) is 10. The summed E-state index contributed by atoms with van der Waals surface area (Å²) in [5.41, 5.74) is 2.90. The lowest BCUT2D eigenvalue weighted by molar-refractivity contribution is -0.173. The average molecular weight is 1260 g/mol. The van der Waals surface area contributed by atoms with E-state index in [-0.39, 0.29) is 93.5 Å². The molecule has 0 radical (unpaired) electrons. The van der Waals surface area contributed by atoms with Gasteiger partial charge in [0.1, 0.15) is 17.2 Å². The van der Waals surface area contributed by atoms with E-state index < -0.39 is 80.0 Å². The Morgan fingerprint density at radius 1 is 0.593 bits per heavy atom. The zero-order valence-corrected chi connectivity index (χ0v) is 52.4. The number of aromatic nitrogens is 2. The van der Waals surface area contributed by atoms with Gasteiger partial charge in [0, 0.05) is 70.3 Å². The Labute approximate surface area is 520 Å². The summed E-state index contributed by atoms with van der Waals surface area (Å²) in [6.07, 6.45) is 12.3. The molecule has 2 saturated heterocycles. The van der Waals surface area contributed by atoms with Gasteiger partial charge in [-0.3, -0.25) is 24.0 Å². The zero-order chi connectivity index (χ0) is 61.9. The number of nitrogens with zero attached hydrogens (tertiary/aromatic N) is 2. The smallest absolute Gasteiger partial charge is 0.335 e. The monoisotopic (exact) mass is 1260 g/mol. The number of fused-ring (bicyclic) bond motifs is 6. The summed E-state index contributed by atoms with van der Waals surface area (Å²) in [5.74, 6) is -6.76. The molecule has 2 aromatic heterocycles. The summed E-state index contributed by atoms with van der Waals surface area (Å²) in [4.78, 5) is 89.6. The molecule has 5 N–H and O–H groups in total. The van der Waals surface area contributed by atoms with Crippen LogP contribution in [0.1, 0.15) is 178 Å². The number of rotatable bonds is 10. The number of pyridine rings is 2. The number of benzene rings is 2. The van der Waals surface area contributed by atoms with Crippen molar-refractivity contribution in [3.63, 3.8) is 0 Å². The molecule has 460 valence electrons. The molecule has 10 atom stereocenters. The van der Waals surface area contributed by atoms with Crippen LogP contribution in [0, 0.1) is 57.0 Å². The summed E-state index contributed by atoms with van der Waals surface area (Å²) in [7, 11) is 0. The molecule has 6 heterocycles. The molecule has 20 heteroatoms. The molecule has 4 aliphatic heterocycles. The van der Waals surface area contributed by atoms with Gasteiger partial charge in [0.15, 0.2) is 27.5 Å². The van der Waals surface area contributed by atoms with E-state index in [1.807, 2.05) is 12.1 Å². The Morgan fingerprint density at radius 2 is 0.977 bits per heavy atom. The number of Topliss-reactive ketones (excluding diaryl/α,β-unsaturated/α-hetero) is 2. The minimum absolute atomic E-state index is 0.0371. The number of carboxylic acids is 1. The van der Waals surface area contributed by atoms with Gasteiger partial charge in [-0.05, 0) is 196 Å². The molecule has 4 aromatic rings. The number of amides is 3. The van der Waals surface area contributed by atoms with Crippen LogP contribution in [0.3, 0.4) is 0 Å². The van der Waals surface area contributed by atoms with Crippen molar-refractivity contribution in [2.24, 2.45) is 51.1 Å². The van der Waals surface area contributed by atoms with Crippen LogP contribution in [0.5, 0.6) is 0 Å². The van der Waals surface area contributed by atoms with Gasteiger partial charge in [-0.25, -0.2) is 23.5 Å². The van der Waals surface area contributed by atoms with E-state index in [1.165, 1.54) is 12.4 Å². The van der Waals surface area contributed by atoms with E-state index in [1.54, 1.807) is 50.2 Å². The maximum Gasteiger partial charge on any atom is 0.335 e. The highest BCUT2D eigenvalue weighted by molar-refractivity contribution is 6.32. The van der Waals surface area contributed by atoms with Gasteiger partial charge in [0.25, 0.3) is 0 Å². The third kappa shape index (κ3) is 10.2. The summed E-state index contributed by atoms with van der Waals surface area (Å²) in [5, 5.41) is 16.1. The fourth-order valence-electron chi connectivity index (χ4n) is 17.2. The number of ketones is 2. The number of primary amides is 1. The molecule has 2 aromatic carbocycles. The molecule has 0 unspecified atom stereocenters. The number of nitrogens with one attached hydrogen (secondary N) is 2. The second-order valence-corrected chi connectivity index (χ2v) is 29.9. The van der Waals surface area contributed by atoms with Crippen LogP contribution in [-0.4, -0.2) is 74.7 Å². The van der Waals surface area contributed by atoms with Crippen LogP contribution in [-0.2, 0) is 49.1 Å². The lowest BCUT2D eigenvalue weighted by Gasteiger charge is -2.51. The van der Waals surface area contributed by atoms with Crippen molar-refractivity contribution in [3.8, 4) is 0 Å². The highest BCUT2D eigenvalue weighted by atomic mass is 35.5. The maximum atomic E-state index is 16.1. The lowest BCUT2D eigenvalue weighted by Crippen LogP contribution is -2.52. The van der Waals surface area contributed by atoms with E-state index in [4.69, 9.17) is 61.6 Å². The Balaban J connectivity index is 0.000000179. The fraction of sp³-hybridized carbons (Fsp3) is 0.576. The van der Waals surface area contributed by atoms with Crippen LogP contribution in [0.25, 0.3) is 0 Å². The highest BCUT2D eigenvalue weighted by Crippen LogP contribution is 2.74. The first kappa shape index (κ1) is 62.5. The van der Waals surface area contributed by atoms with Crippen LogP contribution in [0.15, 0.2) is 60.9 Å². The Bertz CT molecular complexity index is 3210. The molecule has 0 bridgehead atoms. The largest absolute Gasteiger partial charge is 0.479 e. The van der Waals surface area contributed by atoms with Crippen molar-refractivity contribution in [3.05, 3.63) is 115 Å². The molecule has 6 fully saturated rings. The van der Waals surface area contributed by atoms with Crippen molar-refractivity contribution in [2.45, 2.75) is 178 Å². The number of anilines is 2. The molecule has 3 amide bonds. The molecule has 4 aliphatic carbocycles. The first-order chi connectivity index (χ1) is 40.5. The second kappa shape index (κ2) is 22.4. The van der Waals surface area contributed by atoms with Gasteiger partial charge in [0.05, 0.1) is 24.0 Å². The van der Waals surface area contributed by atoms with Crippen molar-refractivity contribution >= 4 is 93.0 Å². The number of carbonyl (C=O) groups excluding carboxylic acids is 5. The van der Waals surface area contributed by atoms with E-state index in [2.05, 4.69) is 48.3 Å². The Hall–Kier alpha value is -5.10. The zero-order valence-electron chi connectivity index (χ0n) is 49.4. The van der Waals surface area contributed by atoms with E-state index in [9.17, 15) is 33.9 Å². The topological polar surface area (TPSA) is 217 Å². The SMILES string of the molecule is CC1(C)CCC2(CC1)C[C@@H](C(=O)C[C@@H]1CC[C@@](C)(C(=O)O)OC1)[C@H](c1ccnc(Cl)c1F)[C@]21C(=O)Nc2cc(Cl)ccc21.CC1(C)CCC2(CC1)C[C@@H](C(=O)C[C@@H]1CC[C@@](C)(C(N)=O)OC1)[C@H](c1ccnc(Cl)c1F)[C@]21C(=O)Nc2cc(Cl)ccc21. The maximum absolute atomic E-state index is 16.1. The predicted molar refractivity (Wildman–Crippen MR) is 323 cm³/mol. The van der Waals surface area contributed by atoms with Gasteiger partial charge >= 0.3 is 5.97 Å². The van der Waals surface area contributed by atoms with Crippen molar-refractivity contribution in [1.29, 1.82) is 0 Å². The van der Waals surface area contributed by atoms with Gasteiger partial charge in [0.2, 0.25) is 17.7 Å². The van der Waals surface area contributed by atoms with Crippen LogP contribution in [0.4, 0.5) is 20.2 Å². The van der Waals surface area contributed by atoms with Gasteiger partial charge in [-0.1, -0.05) is 86.2 Å². The van der Waals surface area contributed by atoms with Gasteiger partial charge < -0.3 is 30.9 Å². The minimum atomic E-state index is -1.28. The predicted octanol–water partition coefficient (Wildman–Crippen LogP) is 14.1. The Kier molecular flexibility index (Phi) is 16.3. The molecular formula is C66H75Cl4F2N5O9. The number of hydrogen-bond donors (Lipinski definition) is 4. The molecule has 86 heavy (non-hydrogen) atoms. The average Bonchev–Trinajstić information content (AvgIpc) is 1.51. The summed E-state index contributed by atoms with van der Waals surface area (Å²) >= 11 is 25.2. The first-order valence-corrected chi connectivity index (χ1v) is 31.7. The van der Waals surface area contributed by atoms with Crippen molar-refractivity contribution in [2.75, 3.05) is 23.8 Å². The van der Waals surface area contributed by atoms with Crippen LogP contribution >= 0.6 is 46.4 Å². The second-order valence-electron chi connectivity index (χ2n) is 28.3. The number of carbonyl (C=O) groups is 6. The quantitative estimate of drug-likeness (QED) is 0.110. The normalized spacial score (nSPS) is 32.5. The molecule has 8 aliphatic rings. The van der Waals surface area contributed by atoms with E-state index in [0.29, 0.717) is 72.8 Å². The van der Waals surface area contributed by atoms with E-state index in [0.717, 1.165) is 49.7 Å². The number of halogens is 6. The molecule has 14 nitrogen and oxygen atoms in total. The molecule has 12 rings (SSSR count). The summed E-state index contributed by atoms with van der Waals surface area (Å²) < 4.78 is 43.7. The van der Waals surface area contributed by atoms with Gasteiger partial charge in [-0.15, -0.1) is 0 Å². The minimum Gasteiger partial charge on any atom is -0.479 e. The number of carboxylic acid groups (broad SMARTS) is 1. The fourth-order valence-corrected chi connectivity index (χ4v) is 17.9. The number of aliphatic carboxylic acids is 1. The summed E-state index contributed by atoms with van der Waals surface area (Å²) in [6, 6.07) is 13.8. The highest BCUT2D eigenvalue weighted by Gasteiger charge is 2.74. The number of ether oxygens (including phenoxy) is 2. The molecule has 4 saturated carbocycles. The standard InChI is InChI=1S/C33H38Cl2FN3O4.C33H37Cl2FN2O5/c1-30(2)9-11-32(12-10-30)16-21(24(40)14-18-6-8-31(3,28(37)41)43-17-18)25(20-7-13-38-27(35)26(20)36)33(32)22-5-4-19(34)15-23(22)39-29(33)42;1-30(2)9-11-32(12-10-30)16-21(24(39)14-18-6-8-31(3,29(41)42)43-17-18)25(20-7-13-37-27(35)26(20)36)33(32)22-5-4-19(34)15-23(22)38-28(33)40/h4-5,7,13,15,18,21,25H,6,8-12,14,16-17H2,1-3H3,(H2,37,41)(H,39,42);4-5,7,13,15,18,21,25H,6,8-12,14,16-17H2,1-3H3,(H,38,40)(H,41,42)/t2*18-,21-,25-,31-,33+/m00/s1. The van der Waals surface area contributed by atoms with E-state index >= 15 is 8.78 Å². The van der Waals surface area contributed by atoms with Crippen molar-refractivity contribution < 1.29 is 52.1 Å². The summed E-state index contributed by atoms with van der Waals surface area (Å²) in [6.45, 7) is 12.5.